The third-order valence-corrected chi connectivity index (χ3v) is 4.34. The number of ether oxygens (including phenoxy) is 2. The normalized spacial score (nSPS) is 9.75. The van der Waals surface area contributed by atoms with Gasteiger partial charge in [0, 0.05) is 17.2 Å². The fourth-order valence-electron chi connectivity index (χ4n) is 2.47. The summed E-state index contributed by atoms with van der Waals surface area (Å²) in [6.45, 7) is 4.00. The number of methoxy groups -OCH3 is 1. The summed E-state index contributed by atoms with van der Waals surface area (Å²) < 4.78 is 38.8. The minimum Gasteiger partial charge on any atom is -0.497 e. The zero-order valence-electron chi connectivity index (χ0n) is 15.6. The molecule has 0 fully saturated rings. The quantitative estimate of drug-likeness (QED) is 0.430. The van der Waals surface area contributed by atoms with E-state index in [-0.39, 0.29) is 16.9 Å². The molecule has 0 amide bonds. The van der Waals surface area contributed by atoms with E-state index in [9.17, 15) is 14.0 Å². The molecule has 0 aromatic heterocycles. The monoisotopic (exact) mass is 445 g/mol. The first-order valence-corrected chi connectivity index (χ1v) is 9.32. The van der Waals surface area contributed by atoms with E-state index in [0.717, 1.165) is 0 Å². The molecule has 0 spiro atoms. The molecule has 0 atom stereocenters. The standard InChI is InChI=1S/C20H12BrF2NO2.C2H6/c1-25-13-6-7-15(18(23)10-13)14-3-2-4-19(16(14)11-24)26-20-8-5-12(22)9-17(20)21;1-2/h2-10H,1H3;1-2H3. The Bertz CT molecular complexity index is 1020. The second-order valence-electron chi connectivity index (χ2n) is 5.31. The van der Waals surface area contributed by atoms with E-state index in [0.29, 0.717) is 21.5 Å². The van der Waals surface area contributed by atoms with Crippen LogP contribution < -0.4 is 9.47 Å². The van der Waals surface area contributed by atoms with Crippen molar-refractivity contribution in [3.63, 3.8) is 0 Å². The van der Waals surface area contributed by atoms with Gasteiger partial charge < -0.3 is 9.47 Å². The molecule has 0 N–H and O–H groups in total. The molecule has 0 unspecified atom stereocenters. The molecule has 28 heavy (non-hydrogen) atoms. The molecular weight excluding hydrogens is 428 g/mol. The molecule has 144 valence electrons. The van der Waals surface area contributed by atoms with E-state index in [1.165, 1.54) is 31.4 Å². The zero-order valence-corrected chi connectivity index (χ0v) is 17.2. The second kappa shape index (κ2) is 9.86. The number of hydrogen-bond acceptors (Lipinski definition) is 3. The summed E-state index contributed by atoms with van der Waals surface area (Å²) in [6, 6.07) is 15.3. The van der Waals surface area contributed by atoms with E-state index in [1.54, 1.807) is 30.3 Å². The highest BCUT2D eigenvalue weighted by molar-refractivity contribution is 9.10. The minimum atomic E-state index is -0.513. The molecule has 0 saturated heterocycles. The van der Waals surface area contributed by atoms with Gasteiger partial charge in [0.1, 0.15) is 40.5 Å². The summed E-state index contributed by atoms with van der Waals surface area (Å²) in [4.78, 5) is 0. The summed E-state index contributed by atoms with van der Waals surface area (Å²) in [6.07, 6.45) is 0. The maximum atomic E-state index is 14.4. The first-order valence-electron chi connectivity index (χ1n) is 8.53. The van der Waals surface area contributed by atoms with Gasteiger partial charge in [-0.05, 0) is 52.3 Å². The summed E-state index contributed by atoms with van der Waals surface area (Å²) in [5.41, 5.74) is 0.821. The van der Waals surface area contributed by atoms with Gasteiger partial charge in [0.15, 0.2) is 0 Å². The van der Waals surface area contributed by atoms with Gasteiger partial charge >= 0.3 is 0 Å². The van der Waals surface area contributed by atoms with Crippen LogP contribution in [-0.2, 0) is 0 Å². The van der Waals surface area contributed by atoms with Crippen LogP contribution in [0.1, 0.15) is 19.4 Å². The lowest BCUT2D eigenvalue weighted by molar-refractivity contribution is 0.411. The first-order chi connectivity index (χ1) is 13.5. The van der Waals surface area contributed by atoms with Crippen molar-refractivity contribution in [2.45, 2.75) is 13.8 Å². The molecule has 0 saturated carbocycles. The van der Waals surface area contributed by atoms with Gasteiger partial charge in [0.25, 0.3) is 0 Å². The van der Waals surface area contributed by atoms with Crippen molar-refractivity contribution in [1.29, 1.82) is 5.26 Å². The summed E-state index contributed by atoms with van der Waals surface area (Å²) in [7, 11) is 1.45. The van der Waals surface area contributed by atoms with Crippen LogP contribution in [0.5, 0.6) is 17.2 Å². The lowest BCUT2D eigenvalue weighted by atomic mass is 9.99. The highest BCUT2D eigenvalue weighted by atomic mass is 79.9. The van der Waals surface area contributed by atoms with Gasteiger partial charge in [-0.15, -0.1) is 0 Å². The van der Waals surface area contributed by atoms with Crippen molar-refractivity contribution in [2.24, 2.45) is 0 Å². The molecule has 0 aliphatic heterocycles. The lowest BCUT2D eigenvalue weighted by Crippen LogP contribution is -1.95. The molecule has 0 aliphatic carbocycles. The molecule has 0 heterocycles. The van der Waals surface area contributed by atoms with Crippen LogP contribution in [0.3, 0.4) is 0 Å². The number of nitriles is 1. The maximum Gasteiger partial charge on any atom is 0.145 e. The summed E-state index contributed by atoms with van der Waals surface area (Å²) in [5, 5.41) is 9.59. The van der Waals surface area contributed by atoms with Crippen LogP contribution in [0.2, 0.25) is 0 Å². The van der Waals surface area contributed by atoms with E-state index in [1.807, 2.05) is 13.8 Å². The van der Waals surface area contributed by atoms with Crippen LogP contribution in [0.25, 0.3) is 11.1 Å². The Labute approximate surface area is 171 Å². The highest BCUT2D eigenvalue weighted by Crippen LogP contribution is 2.37. The van der Waals surface area contributed by atoms with E-state index >= 15 is 0 Å². The van der Waals surface area contributed by atoms with Gasteiger partial charge in [-0.1, -0.05) is 26.0 Å². The fourth-order valence-corrected chi connectivity index (χ4v) is 2.91. The molecule has 3 aromatic rings. The van der Waals surface area contributed by atoms with E-state index in [2.05, 4.69) is 22.0 Å². The third kappa shape index (κ3) is 4.68. The van der Waals surface area contributed by atoms with E-state index in [4.69, 9.17) is 9.47 Å². The van der Waals surface area contributed by atoms with Crippen molar-refractivity contribution in [3.05, 3.63) is 76.3 Å². The largest absolute Gasteiger partial charge is 0.497 e. The van der Waals surface area contributed by atoms with Gasteiger partial charge in [0.05, 0.1) is 11.6 Å². The van der Waals surface area contributed by atoms with Crippen molar-refractivity contribution in [1.82, 2.24) is 0 Å². The Morgan fingerprint density at radius 3 is 2.29 bits per heavy atom. The Kier molecular flexibility index (Phi) is 7.53. The molecule has 6 heteroatoms. The molecular formula is C22H18BrF2NO2. The minimum absolute atomic E-state index is 0.174. The lowest BCUT2D eigenvalue weighted by Gasteiger charge is -2.13. The molecule has 3 nitrogen and oxygen atoms in total. The van der Waals surface area contributed by atoms with Crippen LogP contribution in [0.15, 0.2) is 59.1 Å². The van der Waals surface area contributed by atoms with Crippen LogP contribution in [0, 0.1) is 23.0 Å². The predicted molar refractivity (Wildman–Crippen MR) is 109 cm³/mol. The smallest absolute Gasteiger partial charge is 0.145 e. The number of hydrogen-bond donors (Lipinski definition) is 0. The Morgan fingerprint density at radius 2 is 1.68 bits per heavy atom. The van der Waals surface area contributed by atoms with Crippen LogP contribution in [-0.4, -0.2) is 7.11 Å². The molecule has 3 rings (SSSR count). The topological polar surface area (TPSA) is 42.2 Å². The summed E-state index contributed by atoms with van der Waals surface area (Å²) in [5.74, 6) is 0.0370. The Morgan fingerprint density at radius 1 is 0.929 bits per heavy atom. The highest BCUT2D eigenvalue weighted by Gasteiger charge is 2.16. The average Bonchev–Trinajstić information content (AvgIpc) is 2.71. The van der Waals surface area contributed by atoms with E-state index < -0.39 is 11.6 Å². The Balaban J connectivity index is 0.00000136. The van der Waals surface area contributed by atoms with Crippen molar-refractivity contribution in [2.75, 3.05) is 7.11 Å². The number of halogens is 3. The third-order valence-electron chi connectivity index (χ3n) is 3.72. The van der Waals surface area contributed by atoms with Gasteiger partial charge in [-0.25, -0.2) is 8.78 Å². The van der Waals surface area contributed by atoms with Crippen molar-refractivity contribution >= 4 is 15.9 Å². The Hall–Kier alpha value is -2.91. The first kappa shape index (κ1) is 21.4. The molecule has 0 bridgehead atoms. The van der Waals surface area contributed by atoms with Crippen LogP contribution in [0.4, 0.5) is 8.78 Å². The molecule has 3 aromatic carbocycles. The average molecular weight is 446 g/mol. The summed E-state index contributed by atoms with van der Waals surface area (Å²) >= 11 is 3.22. The number of benzene rings is 3. The number of nitrogens with zero attached hydrogens (tertiary/aromatic N) is 1. The van der Waals surface area contributed by atoms with Gasteiger partial charge in [-0.2, -0.15) is 5.26 Å². The van der Waals surface area contributed by atoms with Gasteiger partial charge in [0.2, 0.25) is 0 Å². The second-order valence-corrected chi connectivity index (χ2v) is 6.17. The maximum absolute atomic E-state index is 14.4. The van der Waals surface area contributed by atoms with Crippen molar-refractivity contribution < 1.29 is 18.3 Å². The fraction of sp³-hybridized carbons (Fsp3) is 0.136. The molecule has 0 aliphatic rings. The zero-order chi connectivity index (χ0) is 20.7. The van der Waals surface area contributed by atoms with Crippen molar-refractivity contribution in [3.8, 4) is 34.4 Å². The molecule has 0 radical (unpaired) electrons. The van der Waals surface area contributed by atoms with Crippen LogP contribution >= 0.6 is 15.9 Å². The number of rotatable bonds is 4. The van der Waals surface area contributed by atoms with Gasteiger partial charge in [-0.3, -0.25) is 0 Å². The SMILES string of the molecule is CC.COc1ccc(-c2cccc(Oc3ccc(F)cc3Br)c2C#N)c(F)c1. The predicted octanol–water partition coefficient (Wildman–Crippen LogP) is 7.09.